The van der Waals surface area contributed by atoms with Crippen molar-refractivity contribution in [3.8, 4) is 0 Å². The van der Waals surface area contributed by atoms with Gasteiger partial charge in [-0.05, 0) is 25.5 Å². The number of fused-ring (bicyclic) bond motifs is 2. The summed E-state index contributed by atoms with van der Waals surface area (Å²) in [5.41, 5.74) is 2.88. The van der Waals surface area contributed by atoms with Crippen LogP contribution in [0.25, 0.3) is 5.65 Å². The predicted octanol–water partition coefficient (Wildman–Crippen LogP) is 2.26. The number of carbonyl (C=O) groups is 1. The third-order valence-corrected chi connectivity index (χ3v) is 5.56. The Morgan fingerprint density at radius 1 is 1.46 bits per heavy atom. The molecule has 2 aromatic heterocycles. The lowest BCUT2D eigenvalue weighted by Crippen LogP contribution is -2.67. The first kappa shape index (κ1) is 15.4. The molecule has 0 bridgehead atoms. The number of aryl methyl sites for hydroxylation is 1. The van der Waals surface area contributed by atoms with Gasteiger partial charge in [0.15, 0.2) is 0 Å². The van der Waals surface area contributed by atoms with Crippen LogP contribution in [0, 0.1) is 18.3 Å². The number of ether oxygens (including phenoxy) is 1. The minimum absolute atomic E-state index is 0.00128. The first-order valence-electron chi connectivity index (χ1n) is 8.56. The monoisotopic (exact) mass is 328 g/mol. The van der Waals surface area contributed by atoms with Crippen molar-refractivity contribution in [3.05, 3.63) is 35.8 Å². The standard InChI is InChI=1S/C18H24N4O2/c1-11-5-4-6-14-20-12(10-22(11)14)9-19-17(23)21-15-13-7-8-24-16(13)18(15,2)3/h4-6,10,13,15-16H,7-9H2,1-3H3,(H2,19,21,23)/t13-,15+,16-/m0/s1. The van der Waals surface area contributed by atoms with Crippen molar-refractivity contribution in [2.24, 2.45) is 11.3 Å². The fourth-order valence-electron chi connectivity index (χ4n) is 4.26. The molecule has 6 nitrogen and oxygen atoms in total. The zero-order valence-corrected chi connectivity index (χ0v) is 14.4. The Kier molecular flexibility index (Phi) is 3.53. The average Bonchev–Trinajstić information content (AvgIpc) is 3.16. The molecule has 1 saturated heterocycles. The van der Waals surface area contributed by atoms with Crippen LogP contribution in [-0.4, -0.2) is 34.2 Å². The van der Waals surface area contributed by atoms with Crippen molar-refractivity contribution in [3.63, 3.8) is 0 Å². The fraction of sp³-hybridized carbons (Fsp3) is 0.556. The summed E-state index contributed by atoms with van der Waals surface area (Å²) in [6, 6.07) is 6.03. The van der Waals surface area contributed by atoms with E-state index in [-0.39, 0.29) is 23.6 Å². The summed E-state index contributed by atoms with van der Waals surface area (Å²) < 4.78 is 7.80. The zero-order valence-electron chi connectivity index (χ0n) is 14.4. The number of hydrogen-bond donors (Lipinski definition) is 2. The number of nitrogens with one attached hydrogen (secondary N) is 2. The van der Waals surface area contributed by atoms with E-state index in [1.165, 1.54) is 0 Å². The molecule has 3 heterocycles. The van der Waals surface area contributed by atoms with Crippen molar-refractivity contribution in [2.45, 2.75) is 45.9 Å². The van der Waals surface area contributed by atoms with Gasteiger partial charge in [-0.3, -0.25) is 0 Å². The summed E-state index contributed by atoms with van der Waals surface area (Å²) >= 11 is 0. The number of rotatable bonds is 3. The van der Waals surface area contributed by atoms with Gasteiger partial charge in [-0.15, -0.1) is 0 Å². The molecule has 1 aliphatic carbocycles. The van der Waals surface area contributed by atoms with E-state index in [4.69, 9.17) is 4.74 Å². The van der Waals surface area contributed by atoms with Gasteiger partial charge in [-0.1, -0.05) is 19.9 Å². The van der Waals surface area contributed by atoms with Crippen LogP contribution in [0.4, 0.5) is 4.79 Å². The number of imidazole rings is 1. The van der Waals surface area contributed by atoms with Crippen LogP contribution in [0.3, 0.4) is 0 Å². The normalized spacial score (nSPS) is 27.5. The third kappa shape index (κ3) is 2.36. The minimum Gasteiger partial charge on any atom is -0.377 e. The first-order chi connectivity index (χ1) is 11.5. The molecule has 2 N–H and O–H groups in total. The van der Waals surface area contributed by atoms with E-state index in [1.54, 1.807) is 0 Å². The Bertz CT molecular complexity index is 782. The van der Waals surface area contributed by atoms with E-state index in [2.05, 4.69) is 29.5 Å². The van der Waals surface area contributed by atoms with Gasteiger partial charge < -0.3 is 19.8 Å². The molecule has 0 aromatic carbocycles. The van der Waals surface area contributed by atoms with Gasteiger partial charge in [-0.2, -0.15) is 0 Å². The second kappa shape index (κ2) is 5.48. The summed E-state index contributed by atoms with van der Waals surface area (Å²) in [7, 11) is 0. The van der Waals surface area contributed by atoms with Crippen molar-refractivity contribution in [1.29, 1.82) is 0 Å². The molecule has 4 rings (SSSR count). The molecule has 3 atom stereocenters. The molecule has 0 radical (unpaired) electrons. The minimum atomic E-state index is -0.132. The van der Waals surface area contributed by atoms with E-state index in [0.29, 0.717) is 12.5 Å². The van der Waals surface area contributed by atoms with Crippen LogP contribution < -0.4 is 10.6 Å². The smallest absolute Gasteiger partial charge is 0.315 e. The van der Waals surface area contributed by atoms with Crippen LogP contribution in [0.5, 0.6) is 0 Å². The van der Waals surface area contributed by atoms with E-state index >= 15 is 0 Å². The summed E-state index contributed by atoms with van der Waals surface area (Å²) in [6.07, 6.45) is 3.29. The van der Waals surface area contributed by atoms with Crippen LogP contribution in [0.2, 0.25) is 0 Å². The number of carbonyl (C=O) groups excluding carboxylic acids is 1. The van der Waals surface area contributed by atoms with E-state index in [0.717, 1.165) is 30.1 Å². The van der Waals surface area contributed by atoms with Gasteiger partial charge in [0.25, 0.3) is 0 Å². The maximum atomic E-state index is 12.3. The highest BCUT2D eigenvalue weighted by Gasteiger charge is 2.59. The van der Waals surface area contributed by atoms with Gasteiger partial charge in [0, 0.05) is 35.9 Å². The van der Waals surface area contributed by atoms with E-state index in [9.17, 15) is 4.79 Å². The summed E-state index contributed by atoms with van der Waals surface area (Å²) in [4.78, 5) is 16.8. The Morgan fingerprint density at radius 2 is 2.29 bits per heavy atom. The number of amides is 2. The highest BCUT2D eigenvalue weighted by Crippen LogP contribution is 2.52. The number of aromatic nitrogens is 2. The Balaban J connectivity index is 1.37. The molecule has 2 fully saturated rings. The van der Waals surface area contributed by atoms with Crippen molar-refractivity contribution >= 4 is 11.7 Å². The van der Waals surface area contributed by atoms with E-state index in [1.807, 2.05) is 35.7 Å². The summed E-state index contributed by atoms with van der Waals surface area (Å²) in [6.45, 7) is 7.59. The predicted molar refractivity (Wildman–Crippen MR) is 90.7 cm³/mol. The number of urea groups is 1. The van der Waals surface area contributed by atoms with Crippen LogP contribution in [0.1, 0.15) is 31.7 Å². The van der Waals surface area contributed by atoms with Crippen LogP contribution >= 0.6 is 0 Å². The summed E-state index contributed by atoms with van der Waals surface area (Å²) in [5.74, 6) is 0.448. The number of pyridine rings is 1. The third-order valence-electron chi connectivity index (χ3n) is 5.56. The lowest BCUT2D eigenvalue weighted by atomic mass is 9.57. The highest BCUT2D eigenvalue weighted by molar-refractivity contribution is 5.74. The van der Waals surface area contributed by atoms with Crippen molar-refractivity contribution in [1.82, 2.24) is 20.0 Å². The Hall–Kier alpha value is -2.08. The van der Waals surface area contributed by atoms with Crippen molar-refractivity contribution in [2.75, 3.05) is 6.61 Å². The zero-order chi connectivity index (χ0) is 16.9. The molecule has 0 spiro atoms. The maximum absolute atomic E-state index is 12.3. The van der Waals surface area contributed by atoms with Crippen LogP contribution in [0.15, 0.2) is 24.4 Å². The quantitative estimate of drug-likeness (QED) is 0.908. The van der Waals surface area contributed by atoms with Gasteiger partial charge >= 0.3 is 6.03 Å². The molecule has 24 heavy (non-hydrogen) atoms. The molecule has 1 aliphatic heterocycles. The molecule has 2 amide bonds. The Morgan fingerprint density at radius 3 is 3.08 bits per heavy atom. The van der Waals surface area contributed by atoms with Gasteiger partial charge in [0.1, 0.15) is 5.65 Å². The SMILES string of the molecule is Cc1cccc2nc(CNC(=O)N[C@@H]3[C@@H]4CCO[C@@H]4C3(C)C)cn12. The second-order valence-corrected chi connectivity index (χ2v) is 7.50. The van der Waals surface area contributed by atoms with Crippen LogP contribution in [-0.2, 0) is 11.3 Å². The second-order valence-electron chi connectivity index (χ2n) is 7.50. The number of nitrogens with zero attached hydrogens (tertiary/aromatic N) is 2. The molecule has 2 aliphatic rings. The summed E-state index contributed by atoms with van der Waals surface area (Å²) in [5, 5.41) is 6.06. The largest absolute Gasteiger partial charge is 0.377 e. The van der Waals surface area contributed by atoms with E-state index < -0.39 is 0 Å². The molecule has 128 valence electrons. The Labute approximate surface area is 141 Å². The van der Waals surface area contributed by atoms with Gasteiger partial charge in [0.05, 0.1) is 18.3 Å². The van der Waals surface area contributed by atoms with Gasteiger partial charge in [-0.25, -0.2) is 9.78 Å². The number of hydrogen-bond acceptors (Lipinski definition) is 3. The molecule has 1 saturated carbocycles. The fourth-order valence-corrected chi connectivity index (χ4v) is 4.26. The lowest BCUT2D eigenvalue weighted by molar-refractivity contribution is -0.108. The molecule has 0 unspecified atom stereocenters. The average molecular weight is 328 g/mol. The molecular weight excluding hydrogens is 304 g/mol. The van der Waals surface area contributed by atoms with Crippen molar-refractivity contribution < 1.29 is 9.53 Å². The molecular formula is C18H24N4O2. The molecule has 6 heteroatoms. The topological polar surface area (TPSA) is 67.7 Å². The lowest BCUT2D eigenvalue weighted by Gasteiger charge is -2.54. The maximum Gasteiger partial charge on any atom is 0.315 e. The highest BCUT2D eigenvalue weighted by atomic mass is 16.5. The first-order valence-corrected chi connectivity index (χ1v) is 8.56. The molecule has 2 aromatic rings. The van der Waals surface area contributed by atoms with Gasteiger partial charge in [0.2, 0.25) is 0 Å².